The summed E-state index contributed by atoms with van der Waals surface area (Å²) in [6.45, 7) is 0. The second kappa shape index (κ2) is 2.59. The van der Waals surface area contributed by atoms with Gasteiger partial charge in [0.25, 0.3) is 0 Å². The van der Waals surface area contributed by atoms with Crippen LogP contribution in [-0.2, 0) is 6.42 Å². The molecule has 0 radical (unpaired) electrons. The van der Waals surface area contributed by atoms with Gasteiger partial charge in [0, 0.05) is 0 Å². The zero-order chi connectivity index (χ0) is 8.67. The Morgan fingerprint density at radius 3 is 3.08 bits per heavy atom. The fourth-order valence-electron chi connectivity index (χ4n) is 2.36. The van der Waals surface area contributed by atoms with Crippen LogP contribution in [0.15, 0.2) is 30.4 Å². The summed E-state index contributed by atoms with van der Waals surface area (Å²) >= 11 is 0. The SMILES string of the molecule is C1=CC2=c3c(cccc3=CC1)CC2. The fourth-order valence-corrected chi connectivity index (χ4v) is 2.36. The van der Waals surface area contributed by atoms with Gasteiger partial charge in [-0.3, -0.25) is 0 Å². The van der Waals surface area contributed by atoms with E-state index in [-0.39, 0.29) is 0 Å². The van der Waals surface area contributed by atoms with E-state index in [1.165, 1.54) is 28.8 Å². The van der Waals surface area contributed by atoms with Crippen LogP contribution >= 0.6 is 0 Å². The second-order valence-corrected chi connectivity index (χ2v) is 3.75. The highest BCUT2D eigenvalue weighted by molar-refractivity contribution is 5.63. The summed E-state index contributed by atoms with van der Waals surface area (Å²) in [7, 11) is 0. The topological polar surface area (TPSA) is 0 Å². The van der Waals surface area contributed by atoms with Crippen molar-refractivity contribution in [2.75, 3.05) is 0 Å². The Morgan fingerprint density at radius 2 is 2.08 bits per heavy atom. The normalized spacial score (nSPS) is 18.0. The summed E-state index contributed by atoms with van der Waals surface area (Å²) in [4.78, 5) is 0. The maximum atomic E-state index is 2.33. The van der Waals surface area contributed by atoms with Gasteiger partial charge in [-0.05, 0) is 40.8 Å². The van der Waals surface area contributed by atoms with Crippen LogP contribution in [0.2, 0.25) is 0 Å². The molecule has 0 heterocycles. The third-order valence-electron chi connectivity index (χ3n) is 2.96. The molecule has 3 rings (SSSR count). The van der Waals surface area contributed by atoms with Gasteiger partial charge in [-0.15, -0.1) is 0 Å². The van der Waals surface area contributed by atoms with Gasteiger partial charge in [-0.25, -0.2) is 0 Å². The Hall–Kier alpha value is -1.30. The summed E-state index contributed by atoms with van der Waals surface area (Å²) in [6.07, 6.45) is 10.4. The van der Waals surface area contributed by atoms with Crippen LogP contribution in [0.5, 0.6) is 0 Å². The van der Waals surface area contributed by atoms with Crippen molar-refractivity contribution in [3.63, 3.8) is 0 Å². The highest BCUT2D eigenvalue weighted by Crippen LogP contribution is 2.15. The first-order chi connectivity index (χ1) is 6.45. The van der Waals surface area contributed by atoms with Crippen LogP contribution < -0.4 is 10.4 Å². The molecule has 0 saturated heterocycles. The molecule has 0 spiro atoms. The minimum absolute atomic E-state index is 1.08. The minimum Gasteiger partial charge on any atom is -0.0804 e. The van der Waals surface area contributed by atoms with Crippen molar-refractivity contribution in [3.05, 3.63) is 46.4 Å². The molecule has 0 saturated carbocycles. The summed E-state index contributed by atoms with van der Waals surface area (Å²) in [5.74, 6) is 0. The van der Waals surface area contributed by atoms with E-state index >= 15 is 0 Å². The van der Waals surface area contributed by atoms with Gasteiger partial charge >= 0.3 is 0 Å². The lowest BCUT2D eigenvalue weighted by Crippen LogP contribution is -2.26. The fraction of sp³-hybridized carbons (Fsp3) is 0.231. The van der Waals surface area contributed by atoms with Crippen LogP contribution in [0, 0.1) is 0 Å². The molecule has 13 heavy (non-hydrogen) atoms. The standard InChI is InChI=1S/C13H12/c1-2-5-11-8-9-12-7-3-6-10(4-1)13(11)12/h2-7H,1,8-9H2. The molecule has 0 fully saturated rings. The lowest BCUT2D eigenvalue weighted by atomic mass is 10.1. The molecule has 2 aliphatic carbocycles. The first kappa shape index (κ1) is 7.14. The number of hydrogen-bond acceptors (Lipinski definition) is 0. The van der Waals surface area contributed by atoms with Gasteiger partial charge in [-0.2, -0.15) is 0 Å². The quantitative estimate of drug-likeness (QED) is 0.551. The largest absolute Gasteiger partial charge is 0.0804 e. The van der Waals surface area contributed by atoms with E-state index in [1.807, 2.05) is 0 Å². The Morgan fingerprint density at radius 1 is 1.08 bits per heavy atom. The molecule has 0 aromatic heterocycles. The Kier molecular flexibility index (Phi) is 1.42. The number of benzene rings is 1. The van der Waals surface area contributed by atoms with Gasteiger partial charge in [-0.1, -0.05) is 36.4 Å². The van der Waals surface area contributed by atoms with E-state index < -0.39 is 0 Å². The highest BCUT2D eigenvalue weighted by atomic mass is 14.1. The first-order valence-electron chi connectivity index (χ1n) is 4.93. The lowest BCUT2D eigenvalue weighted by Gasteiger charge is -1.93. The van der Waals surface area contributed by atoms with Crippen LogP contribution in [-0.4, -0.2) is 0 Å². The van der Waals surface area contributed by atoms with Crippen molar-refractivity contribution in [2.24, 2.45) is 0 Å². The monoisotopic (exact) mass is 168 g/mol. The number of allylic oxidation sites excluding steroid dienone is 2. The van der Waals surface area contributed by atoms with E-state index in [0.717, 1.165) is 6.42 Å². The maximum Gasteiger partial charge on any atom is -0.0123 e. The van der Waals surface area contributed by atoms with Gasteiger partial charge in [0.1, 0.15) is 0 Å². The summed E-state index contributed by atoms with van der Waals surface area (Å²) < 4.78 is 0. The summed E-state index contributed by atoms with van der Waals surface area (Å²) in [5.41, 5.74) is 3.08. The third kappa shape index (κ3) is 0.983. The van der Waals surface area contributed by atoms with E-state index in [4.69, 9.17) is 0 Å². The Labute approximate surface area is 77.9 Å². The predicted molar refractivity (Wildman–Crippen MR) is 55.6 cm³/mol. The second-order valence-electron chi connectivity index (χ2n) is 3.75. The molecule has 0 aliphatic heterocycles. The van der Waals surface area contributed by atoms with Gasteiger partial charge in [0.05, 0.1) is 0 Å². The van der Waals surface area contributed by atoms with Gasteiger partial charge < -0.3 is 0 Å². The summed E-state index contributed by atoms with van der Waals surface area (Å²) in [5, 5.41) is 2.96. The molecular formula is C13H12. The molecule has 1 aromatic carbocycles. The number of aryl methyl sites for hydroxylation is 1. The van der Waals surface area contributed by atoms with Crippen molar-refractivity contribution < 1.29 is 0 Å². The van der Waals surface area contributed by atoms with Crippen LogP contribution in [0.1, 0.15) is 18.4 Å². The zero-order valence-corrected chi connectivity index (χ0v) is 7.59. The van der Waals surface area contributed by atoms with Gasteiger partial charge in [0.2, 0.25) is 0 Å². The van der Waals surface area contributed by atoms with Crippen molar-refractivity contribution in [2.45, 2.75) is 19.3 Å². The Balaban J connectivity index is 2.54. The molecule has 0 heteroatoms. The maximum absolute atomic E-state index is 2.33. The predicted octanol–water partition coefficient (Wildman–Crippen LogP) is 1.52. The smallest absolute Gasteiger partial charge is 0.0123 e. The summed E-state index contributed by atoms with van der Waals surface area (Å²) in [6, 6.07) is 6.68. The molecule has 0 nitrogen and oxygen atoms in total. The molecule has 64 valence electrons. The van der Waals surface area contributed by atoms with Crippen molar-refractivity contribution in [3.8, 4) is 0 Å². The zero-order valence-electron chi connectivity index (χ0n) is 7.59. The number of hydrogen-bond donors (Lipinski definition) is 0. The lowest BCUT2D eigenvalue weighted by molar-refractivity contribution is 1.06. The number of rotatable bonds is 0. The van der Waals surface area contributed by atoms with E-state index in [2.05, 4.69) is 36.4 Å². The third-order valence-corrected chi connectivity index (χ3v) is 2.96. The molecule has 2 aliphatic rings. The molecular weight excluding hydrogens is 156 g/mol. The van der Waals surface area contributed by atoms with Crippen molar-refractivity contribution in [1.82, 2.24) is 0 Å². The van der Waals surface area contributed by atoms with Crippen LogP contribution in [0.3, 0.4) is 0 Å². The van der Waals surface area contributed by atoms with E-state index in [9.17, 15) is 0 Å². The van der Waals surface area contributed by atoms with E-state index in [0.29, 0.717) is 0 Å². The molecule has 0 unspecified atom stereocenters. The van der Waals surface area contributed by atoms with Crippen molar-refractivity contribution in [1.29, 1.82) is 0 Å². The van der Waals surface area contributed by atoms with Crippen molar-refractivity contribution >= 4 is 11.6 Å². The first-order valence-corrected chi connectivity index (χ1v) is 4.93. The molecule has 0 N–H and O–H groups in total. The highest BCUT2D eigenvalue weighted by Gasteiger charge is 2.10. The molecule has 0 bridgehead atoms. The minimum atomic E-state index is 1.08. The molecule has 0 amide bonds. The molecule has 0 atom stereocenters. The molecule has 1 aromatic rings. The average molecular weight is 168 g/mol. The van der Waals surface area contributed by atoms with Gasteiger partial charge in [0.15, 0.2) is 0 Å². The van der Waals surface area contributed by atoms with Crippen LogP contribution in [0.4, 0.5) is 0 Å². The average Bonchev–Trinajstić information content (AvgIpc) is 2.44. The van der Waals surface area contributed by atoms with E-state index in [1.54, 1.807) is 5.57 Å². The Bertz CT molecular complexity index is 489. The van der Waals surface area contributed by atoms with Crippen LogP contribution in [0.25, 0.3) is 11.6 Å².